The molecule has 0 aliphatic heterocycles. The topological polar surface area (TPSA) is 54.0 Å². The van der Waals surface area contributed by atoms with E-state index in [0.29, 0.717) is 5.75 Å². The maximum absolute atomic E-state index is 12.3. The zero-order chi connectivity index (χ0) is 16.7. The minimum atomic E-state index is -3.56. The van der Waals surface area contributed by atoms with Crippen LogP contribution in [0.15, 0.2) is 48.5 Å². The summed E-state index contributed by atoms with van der Waals surface area (Å²) >= 11 is 0. The number of phosphoric acid groups is 1. The summed E-state index contributed by atoms with van der Waals surface area (Å²) in [6.07, 6.45) is 0. The normalized spacial score (nSPS) is 11.3. The van der Waals surface area contributed by atoms with Crippen LogP contribution in [-0.2, 0) is 13.6 Å². The Morgan fingerprint density at radius 2 is 1.22 bits per heavy atom. The molecule has 0 saturated carbocycles. The standard InChI is InChI=1S/C17H21O5P/c1-4-20-23(18,21-5-2)22-17-12-8-15(9-13-17)14-6-10-16(19-3)11-7-14/h6-13H,4-5H2,1-3H3. The minimum Gasteiger partial charge on any atom is -0.497 e. The van der Waals surface area contributed by atoms with Gasteiger partial charge in [0.05, 0.1) is 20.3 Å². The van der Waals surface area contributed by atoms with E-state index in [0.717, 1.165) is 16.9 Å². The lowest BCUT2D eigenvalue weighted by atomic mass is 10.1. The number of hydrogen-bond acceptors (Lipinski definition) is 5. The van der Waals surface area contributed by atoms with Crippen LogP contribution in [0.2, 0.25) is 0 Å². The van der Waals surface area contributed by atoms with Crippen molar-refractivity contribution in [2.75, 3.05) is 20.3 Å². The molecule has 5 nitrogen and oxygen atoms in total. The van der Waals surface area contributed by atoms with E-state index < -0.39 is 7.82 Å². The summed E-state index contributed by atoms with van der Waals surface area (Å²) in [5, 5.41) is 0. The van der Waals surface area contributed by atoms with Crippen molar-refractivity contribution in [1.82, 2.24) is 0 Å². The summed E-state index contributed by atoms with van der Waals surface area (Å²) in [6, 6.07) is 15.0. The van der Waals surface area contributed by atoms with Crippen LogP contribution in [0.4, 0.5) is 0 Å². The number of ether oxygens (including phenoxy) is 1. The molecule has 0 saturated heterocycles. The summed E-state index contributed by atoms with van der Waals surface area (Å²) in [7, 11) is -1.92. The highest BCUT2D eigenvalue weighted by Gasteiger charge is 2.27. The number of hydrogen-bond donors (Lipinski definition) is 0. The number of phosphoric ester groups is 1. The van der Waals surface area contributed by atoms with Gasteiger partial charge in [0.1, 0.15) is 11.5 Å². The van der Waals surface area contributed by atoms with Gasteiger partial charge in [-0.1, -0.05) is 24.3 Å². The maximum Gasteiger partial charge on any atom is 0.530 e. The van der Waals surface area contributed by atoms with Gasteiger partial charge in [-0.2, -0.15) is 0 Å². The summed E-state index contributed by atoms with van der Waals surface area (Å²) in [5.41, 5.74) is 2.07. The molecule has 0 unspecified atom stereocenters. The predicted molar refractivity (Wildman–Crippen MR) is 89.9 cm³/mol. The van der Waals surface area contributed by atoms with Crippen molar-refractivity contribution in [3.05, 3.63) is 48.5 Å². The smallest absolute Gasteiger partial charge is 0.497 e. The Hall–Kier alpha value is -1.81. The molecule has 124 valence electrons. The molecule has 0 spiro atoms. The van der Waals surface area contributed by atoms with Gasteiger partial charge in [0.25, 0.3) is 0 Å². The van der Waals surface area contributed by atoms with Crippen LogP contribution >= 0.6 is 7.82 Å². The van der Waals surface area contributed by atoms with Gasteiger partial charge in [-0.05, 0) is 49.2 Å². The van der Waals surface area contributed by atoms with Gasteiger partial charge >= 0.3 is 7.82 Å². The Morgan fingerprint density at radius 1 is 0.783 bits per heavy atom. The first-order chi connectivity index (χ1) is 11.1. The molecule has 0 atom stereocenters. The van der Waals surface area contributed by atoms with Gasteiger partial charge in [-0.3, -0.25) is 9.05 Å². The van der Waals surface area contributed by atoms with Crippen molar-refractivity contribution < 1.29 is 22.9 Å². The molecule has 23 heavy (non-hydrogen) atoms. The SMILES string of the molecule is CCOP(=O)(OCC)Oc1ccc(-c2ccc(OC)cc2)cc1. The second-order valence-corrected chi connectivity index (χ2v) is 6.22. The third kappa shape index (κ3) is 4.83. The zero-order valence-corrected chi connectivity index (χ0v) is 14.4. The highest BCUT2D eigenvalue weighted by atomic mass is 31.2. The summed E-state index contributed by atoms with van der Waals surface area (Å²) in [4.78, 5) is 0. The van der Waals surface area contributed by atoms with E-state index in [-0.39, 0.29) is 13.2 Å². The quantitative estimate of drug-likeness (QED) is 0.640. The highest BCUT2D eigenvalue weighted by Crippen LogP contribution is 2.49. The Kier molecular flexibility index (Phi) is 6.22. The van der Waals surface area contributed by atoms with Gasteiger partial charge in [-0.25, -0.2) is 4.57 Å². The Bertz CT molecular complexity index is 642. The molecule has 0 amide bonds. The lowest BCUT2D eigenvalue weighted by Gasteiger charge is -2.17. The van der Waals surface area contributed by atoms with Crippen LogP contribution in [-0.4, -0.2) is 20.3 Å². The zero-order valence-electron chi connectivity index (χ0n) is 13.5. The van der Waals surface area contributed by atoms with Crippen molar-refractivity contribution in [1.29, 1.82) is 0 Å². The first-order valence-corrected chi connectivity index (χ1v) is 8.89. The lowest BCUT2D eigenvalue weighted by molar-refractivity contribution is 0.167. The predicted octanol–water partition coefficient (Wildman–Crippen LogP) is 4.92. The van der Waals surface area contributed by atoms with Crippen LogP contribution in [0.25, 0.3) is 11.1 Å². The van der Waals surface area contributed by atoms with Crippen LogP contribution in [0.3, 0.4) is 0 Å². The second-order valence-electron chi connectivity index (χ2n) is 4.63. The van der Waals surface area contributed by atoms with Gasteiger partial charge in [0, 0.05) is 0 Å². The van der Waals surface area contributed by atoms with E-state index in [2.05, 4.69) is 0 Å². The summed E-state index contributed by atoms with van der Waals surface area (Å²) in [6.45, 7) is 3.98. The van der Waals surface area contributed by atoms with Crippen LogP contribution in [0.5, 0.6) is 11.5 Å². The molecule has 0 bridgehead atoms. The Labute approximate surface area is 136 Å². The van der Waals surface area contributed by atoms with E-state index in [4.69, 9.17) is 18.3 Å². The molecular formula is C17H21O5P. The molecule has 0 fully saturated rings. The third-order valence-corrected chi connectivity index (χ3v) is 4.65. The monoisotopic (exact) mass is 336 g/mol. The molecular weight excluding hydrogens is 315 g/mol. The molecule has 0 aliphatic rings. The first kappa shape index (κ1) is 17.5. The number of methoxy groups -OCH3 is 1. The van der Waals surface area contributed by atoms with Crippen LogP contribution in [0, 0.1) is 0 Å². The van der Waals surface area contributed by atoms with Crippen molar-refractivity contribution in [3.63, 3.8) is 0 Å². The molecule has 2 aromatic carbocycles. The fourth-order valence-electron chi connectivity index (χ4n) is 2.03. The van der Waals surface area contributed by atoms with E-state index in [1.165, 1.54) is 0 Å². The van der Waals surface area contributed by atoms with Gasteiger partial charge in [0.15, 0.2) is 0 Å². The van der Waals surface area contributed by atoms with E-state index in [9.17, 15) is 4.57 Å². The maximum atomic E-state index is 12.3. The molecule has 0 heterocycles. The fourth-order valence-corrected chi connectivity index (χ4v) is 3.22. The van der Waals surface area contributed by atoms with E-state index >= 15 is 0 Å². The molecule has 0 N–H and O–H groups in total. The summed E-state index contributed by atoms with van der Waals surface area (Å²) in [5.74, 6) is 1.25. The van der Waals surface area contributed by atoms with Crippen LogP contribution < -0.4 is 9.26 Å². The minimum absolute atomic E-state index is 0.251. The van der Waals surface area contributed by atoms with Crippen molar-refractivity contribution >= 4 is 7.82 Å². The molecule has 0 aromatic heterocycles. The Balaban J connectivity index is 2.13. The van der Waals surface area contributed by atoms with E-state index in [1.54, 1.807) is 33.1 Å². The fraction of sp³-hybridized carbons (Fsp3) is 0.294. The average molecular weight is 336 g/mol. The highest BCUT2D eigenvalue weighted by molar-refractivity contribution is 7.48. The van der Waals surface area contributed by atoms with Crippen molar-refractivity contribution in [2.45, 2.75) is 13.8 Å². The largest absolute Gasteiger partial charge is 0.530 e. The van der Waals surface area contributed by atoms with Gasteiger partial charge in [0.2, 0.25) is 0 Å². The first-order valence-electron chi connectivity index (χ1n) is 7.43. The van der Waals surface area contributed by atoms with E-state index in [1.807, 2.05) is 36.4 Å². The van der Waals surface area contributed by atoms with Crippen molar-refractivity contribution in [3.8, 4) is 22.6 Å². The van der Waals surface area contributed by atoms with Crippen molar-refractivity contribution in [2.24, 2.45) is 0 Å². The molecule has 2 aromatic rings. The molecule has 0 radical (unpaired) electrons. The van der Waals surface area contributed by atoms with Gasteiger partial charge < -0.3 is 9.26 Å². The lowest BCUT2D eigenvalue weighted by Crippen LogP contribution is -2.02. The average Bonchev–Trinajstić information content (AvgIpc) is 2.56. The van der Waals surface area contributed by atoms with Crippen LogP contribution in [0.1, 0.15) is 13.8 Å². The van der Waals surface area contributed by atoms with Gasteiger partial charge in [-0.15, -0.1) is 0 Å². The molecule has 6 heteroatoms. The third-order valence-electron chi connectivity index (χ3n) is 3.07. The second kappa shape index (κ2) is 8.16. The molecule has 2 rings (SSSR count). The Morgan fingerprint density at radius 3 is 1.61 bits per heavy atom. The summed E-state index contributed by atoms with van der Waals surface area (Å²) < 4.78 is 33.1. The number of rotatable bonds is 8. The number of benzene rings is 2. The molecule has 0 aliphatic carbocycles.